The minimum atomic E-state index is 0.533. The highest BCUT2D eigenvalue weighted by Crippen LogP contribution is 2.24. The molecule has 0 amide bonds. The van der Waals surface area contributed by atoms with Crippen LogP contribution in [0.3, 0.4) is 0 Å². The van der Waals surface area contributed by atoms with Gasteiger partial charge in [0.2, 0.25) is 0 Å². The van der Waals surface area contributed by atoms with Gasteiger partial charge in [0.25, 0.3) is 0 Å². The van der Waals surface area contributed by atoms with Gasteiger partial charge in [0.1, 0.15) is 11.5 Å². The van der Waals surface area contributed by atoms with Crippen molar-refractivity contribution < 1.29 is 9.47 Å². The minimum absolute atomic E-state index is 0.533. The second-order valence-corrected chi connectivity index (χ2v) is 6.18. The summed E-state index contributed by atoms with van der Waals surface area (Å²) in [6.45, 7) is 3.98. The minimum Gasteiger partial charge on any atom is -0.497 e. The Morgan fingerprint density at radius 2 is 1.79 bits per heavy atom. The van der Waals surface area contributed by atoms with Crippen molar-refractivity contribution in [1.29, 1.82) is 0 Å². The summed E-state index contributed by atoms with van der Waals surface area (Å²) in [6, 6.07) is 10.7. The van der Waals surface area contributed by atoms with Crippen LogP contribution in [0.1, 0.15) is 17.5 Å². The zero-order chi connectivity index (χ0) is 16.8. The van der Waals surface area contributed by atoms with Gasteiger partial charge in [0, 0.05) is 50.7 Å². The van der Waals surface area contributed by atoms with Gasteiger partial charge in [-0.2, -0.15) is 0 Å². The molecule has 0 radical (unpaired) electrons. The van der Waals surface area contributed by atoms with Crippen LogP contribution in [0.4, 0.5) is 0 Å². The molecule has 24 heavy (non-hydrogen) atoms. The van der Waals surface area contributed by atoms with Crippen LogP contribution < -0.4 is 14.8 Å². The molecule has 0 spiro atoms. The van der Waals surface area contributed by atoms with E-state index in [1.807, 2.05) is 18.5 Å². The van der Waals surface area contributed by atoms with Gasteiger partial charge in [-0.15, -0.1) is 0 Å². The molecule has 1 fully saturated rings. The lowest BCUT2D eigenvalue weighted by Crippen LogP contribution is -2.31. The summed E-state index contributed by atoms with van der Waals surface area (Å²) in [7, 11) is 3.38. The second kappa shape index (κ2) is 8.13. The third-order valence-electron chi connectivity index (χ3n) is 4.43. The van der Waals surface area contributed by atoms with Crippen LogP contribution in [0, 0.1) is 0 Å². The summed E-state index contributed by atoms with van der Waals surface area (Å²) in [4.78, 5) is 6.53. The van der Waals surface area contributed by atoms with Gasteiger partial charge in [-0.05, 0) is 41.8 Å². The Morgan fingerprint density at radius 3 is 2.46 bits per heavy atom. The van der Waals surface area contributed by atoms with Crippen molar-refractivity contribution in [2.24, 2.45) is 0 Å². The zero-order valence-electron chi connectivity index (χ0n) is 14.4. The maximum absolute atomic E-state index is 5.35. The van der Waals surface area contributed by atoms with Crippen molar-refractivity contribution in [2.45, 2.75) is 25.6 Å². The van der Waals surface area contributed by atoms with Gasteiger partial charge in [-0.1, -0.05) is 0 Å². The average molecular weight is 327 g/mol. The first-order valence-corrected chi connectivity index (χ1v) is 8.33. The van der Waals surface area contributed by atoms with Crippen molar-refractivity contribution in [1.82, 2.24) is 15.2 Å². The van der Waals surface area contributed by atoms with Gasteiger partial charge < -0.3 is 14.8 Å². The number of benzene rings is 1. The molecule has 1 atom stereocenters. The zero-order valence-corrected chi connectivity index (χ0v) is 14.4. The highest BCUT2D eigenvalue weighted by atomic mass is 16.5. The second-order valence-electron chi connectivity index (χ2n) is 6.18. The van der Waals surface area contributed by atoms with Crippen LogP contribution in [0.25, 0.3) is 0 Å². The smallest absolute Gasteiger partial charge is 0.122 e. The molecule has 1 saturated heterocycles. The van der Waals surface area contributed by atoms with Crippen LogP contribution in [-0.2, 0) is 13.1 Å². The Hall–Kier alpha value is -2.11. The summed E-state index contributed by atoms with van der Waals surface area (Å²) in [5.41, 5.74) is 2.50. The number of rotatable bonds is 7. The first kappa shape index (κ1) is 16.7. The molecule has 2 aromatic rings. The molecular weight excluding hydrogens is 302 g/mol. The number of nitrogens with one attached hydrogen (secondary N) is 1. The number of hydrogen-bond donors (Lipinski definition) is 1. The molecule has 0 bridgehead atoms. The van der Waals surface area contributed by atoms with Crippen molar-refractivity contribution in [3.63, 3.8) is 0 Å². The summed E-state index contributed by atoms with van der Waals surface area (Å²) in [5.74, 6) is 1.69. The fourth-order valence-electron chi connectivity index (χ4n) is 3.12. The van der Waals surface area contributed by atoms with Crippen molar-refractivity contribution >= 4 is 0 Å². The van der Waals surface area contributed by atoms with Gasteiger partial charge in [0.15, 0.2) is 0 Å². The van der Waals surface area contributed by atoms with E-state index in [2.05, 4.69) is 39.5 Å². The molecule has 1 unspecified atom stereocenters. The number of likely N-dealkylation sites (tertiary alicyclic amines) is 1. The summed E-state index contributed by atoms with van der Waals surface area (Å²) < 4.78 is 10.7. The molecule has 128 valence electrons. The lowest BCUT2D eigenvalue weighted by atomic mass is 10.2. The number of methoxy groups -OCH3 is 2. The van der Waals surface area contributed by atoms with Gasteiger partial charge >= 0.3 is 0 Å². The van der Waals surface area contributed by atoms with E-state index in [1.165, 1.54) is 17.5 Å². The number of nitrogens with zero attached hydrogens (tertiary/aromatic N) is 2. The average Bonchev–Trinajstić information content (AvgIpc) is 3.07. The maximum Gasteiger partial charge on any atom is 0.122 e. The van der Waals surface area contributed by atoms with E-state index in [0.29, 0.717) is 6.04 Å². The van der Waals surface area contributed by atoms with Gasteiger partial charge in [-0.3, -0.25) is 9.88 Å². The summed E-state index contributed by atoms with van der Waals surface area (Å²) in [6.07, 6.45) is 4.86. The highest BCUT2D eigenvalue weighted by Gasteiger charge is 2.22. The standard InChI is InChI=1S/C19H25N3O2/c1-23-18-9-16(10-19(11-18)24-2)13-22-8-5-17(14-22)21-12-15-3-6-20-7-4-15/h3-4,6-7,9-11,17,21H,5,8,12-14H2,1-2H3. The highest BCUT2D eigenvalue weighted by molar-refractivity contribution is 5.38. The SMILES string of the molecule is COc1cc(CN2CCC(NCc3ccncc3)C2)cc(OC)c1. The molecule has 5 nitrogen and oxygen atoms in total. The molecule has 0 aliphatic carbocycles. The van der Waals surface area contributed by atoms with Crippen molar-refractivity contribution in [3.8, 4) is 11.5 Å². The number of aromatic nitrogens is 1. The third kappa shape index (κ3) is 4.46. The first-order valence-electron chi connectivity index (χ1n) is 8.33. The Morgan fingerprint density at radius 1 is 1.08 bits per heavy atom. The van der Waals surface area contributed by atoms with Crippen LogP contribution in [-0.4, -0.2) is 43.2 Å². The van der Waals surface area contributed by atoms with E-state index in [9.17, 15) is 0 Å². The van der Waals surface area contributed by atoms with E-state index in [0.717, 1.165) is 37.7 Å². The van der Waals surface area contributed by atoms with E-state index < -0.39 is 0 Å². The van der Waals surface area contributed by atoms with Gasteiger partial charge in [0.05, 0.1) is 14.2 Å². The normalized spacial score (nSPS) is 17.8. The van der Waals surface area contributed by atoms with Crippen LogP contribution in [0.2, 0.25) is 0 Å². The number of hydrogen-bond acceptors (Lipinski definition) is 5. The molecule has 1 N–H and O–H groups in total. The van der Waals surface area contributed by atoms with Crippen molar-refractivity contribution in [3.05, 3.63) is 53.9 Å². The first-order chi connectivity index (χ1) is 11.8. The number of pyridine rings is 1. The van der Waals surface area contributed by atoms with E-state index in [-0.39, 0.29) is 0 Å². The predicted molar refractivity (Wildman–Crippen MR) is 94.3 cm³/mol. The molecule has 1 aromatic carbocycles. The van der Waals surface area contributed by atoms with Crippen LogP contribution in [0.5, 0.6) is 11.5 Å². The molecule has 0 saturated carbocycles. The largest absolute Gasteiger partial charge is 0.497 e. The Balaban J connectivity index is 1.52. The fraction of sp³-hybridized carbons (Fsp3) is 0.421. The molecule has 1 aliphatic heterocycles. The van der Waals surface area contributed by atoms with Gasteiger partial charge in [-0.25, -0.2) is 0 Å². The topological polar surface area (TPSA) is 46.6 Å². The maximum atomic E-state index is 5.35. The van der Waals surface area contributed by atoms with Crippen LogP contribution >= 0.6 is 0 Å². The quantitative estimate of drug-likeness (QED) is 0.846. The molecule has 1 aliphatic rings. The molecule has 2 heterocycles. The van der Waals surface area contributed by atoms with Crippen molar-refractivity contribution in [2.75, 3.05) is 27.3 Å². The predicted octanol–water partition coefficient (Wildman–Crippen LogP) is 2.46. The molecule has 3 rings (SSSR count). The summed E-state index contributed by atoms with van der Waals surface area (Å²) in [5, 5.41) is 3.64. The summed E-state index contributed by atoms with van der Waals surface area (Å²) >= 11 is 0. The monoisotopic (exact) mass is 327 g/mol. The lowest BCUT2D eigenvalue weighted by molar-refractivity contribution is 0.317. The Bertz CT molecular complexity index is 626. The third-order valence-corrected chi connectivity index (χ3v) is 4.43. The lowest BCUT2D eigenvalue weighted by Gasteiger charge is -2.18. The van der Waals surface area contributed by atoms with E-state index >= 15 is 0 Å². The van der Waals surface area contributed by atoms with Crippen LogP contribution in [0.15, 0.2) is 42.7 Å². The molecule has 5 heteroatoms. The van der Waals surface area contributed by atoms with E-state index in [4.69, 9.17) is 9.47 Å². The number of ether oxygens (including phenoxy) is 2. The molecule has 1 aromatic heterocycles. The van der Waals surface area contributed by atoms with E-state index in [1.54, 1.807) is 14.2 Å². The molecular formula is C19H25N3O2. The Labute approximate surface area is 143 Å². The Kier molecular flexibility index (Phi) is 5.67. The fourth-order valence-corrected chi connectivity index (χ4v) is 3.12.